The summed E-state index contributed by atoms with van der Waals surface area (Å²) in [5, 5.41) is 12.5. The molecule has 3 nitrogen and oxygen atoms in total. The molecule has 0 saturated heterocycles. The first-order valence-corrected chi connectivity index (χ1v) is 6.07. The van der Waals surface area contributed by atoms with Gasteiger partial charge < -0.3 is 10.1 Å². The first-order valence-electron chi connectivity index (χ1n) is 5.69. The molecule has 0 spiro atoms. The maximum atomic E-state index is 8.69. The lowest BCUT2D eigenvalue weighted by Crippen LogP contribution is -2.24. The third kappa shape index (κ3) is 5.08. The highest BCUT2D eigenvalue weighted by Crippen LogP contribution is 2.25. The zero-order chi connectivity index (χ0) is 12.7. The summed E-state index contributed by atoms with van der Waals surface area (Å²) in [6.07, 6.45) is 0.925. The molecule has 0 heterocycles. The molecule has 0 aliphatic rings. The second-order valence-electron chi connectivity index (χ2n) is 4.07. The van der Waals surface area contributed by atoms with Crippen LogP contribution in [0.25, 0.3) is 0 Å². The number of rotatable bonds is 6. The Bertz CT molecular complexity index is 399. The van der Waals surface area contributed by atoms with Gasteiger partial charge in [0.15, 0.2) is 0 Å². The number of nitriles is 1. The number of halogens is 1. The van der Waals surface area contributed by atoms with Gasteiger partial charge in [-0.1, -0.05) is 25.4 Å². The molecule has 92 valence electrons. The molecule has 1 N–H and O–H groups in total. The lowest BCUT2D eigenvalue weighted by Gasteiger charge is -2.10. The summed E-state index contributed by atoms with van der Waals surface area (Å²) < 4.78 is 5.54. The van der Waals surface area contributed by atoms with Gasteiger partial charge >= 0.3 is 0 Å². The summed E-state index contributed by atoms with van der Waals surface area (Å²) in [4.78, 5) is 0. The van der Waals surface area contributed by atoms with E-state index in [1.54, 1.807) is 18.2 Å². The topological polar surface area (TPSA) is 45.0 Å². The predicted octanol–water partition coefficient (Wildman–Crippen LogP) is 2.98. The lowest BCUT2D eigenvalue weighted by molar-refractivity contribution is 0.306. The van der Waals surface area contributed by atoms with Crippen molar-refractivity contribution >= 4 is 11.6 Å². The van der Waals surface area contributed by atoms with E-state index in [0.717, 1.165) is 13.0 Å². The van der Waals surface area contributed by atoms with Crippen molar-refractivity contribution in [1.29, 1.82) is 5.26 Å². The molecule has 0 unspecified atom stereocenters. The first-order chi connectivity index (χ1) is 8.13. The molecule has 4 heteroatoms. The van der Waals surface area contributed by atoms with E-state index in [4.69, 9.17) is 21.6 Å². The predicted molar refractivity (Wildman–Crippen MR) is 69.4 cm³/mol. The van der Waals surface area contributed by atoms with Crippen molar-refractivity contribution in [1.82, 2.24) is 5.32 Å². The second-order valence-corrected chi connectivity index (χ2v) is 4.48. The second kappa shape index (κ2) is 7.16. The monoisotopic (exact) mass is 252 g/mol. The Labute approximate surface area is 107 Å². The molecule has 0 bridgehead atoms. The zero-order valence-corrected chi connectivity index (χ0v) is 10.9. The Kier molecular flexibility index (Phi) is 5.82. The van der Waals surface area contributed by atoms with Gasteiger partial charge in [-0.25, -0.2) is 0 Å². The highest BCUT2D eigenvalue weighted by atomic mass is 35.5. The number of ether oxygens (including phenoxy) is 1. The van der Waals surface area contributed by atoms with Gasteiger partial charge in [0.2, 0.25) is 0 Å². The summed E-state index contributed by atoms with van der Waals surface area (Å²) in [7, 11) is 0. The van der Waals surface area contributed by atoms with E-state index in [0.29, 0.717) is 29.0 Å². The fourth-order valence-corrected chi connectivity index (χ4v) is 1.57. The van der Waals surface area contributed by atoms with Crippen molar-refractivity contribution in [3.05, 3.63) is 28.8 Å². The molecule has 0 radical (unpaired) electrons. The average Bonchev–Trinajstić information content (AvgIpc) is 2.30. The third-order valence-corrected chi connectivity index (χ3v) is 2.49. The molecule has 1 aromatic rings. The van der Waals surface area contributed by atoms with Crippen molar-refractivity contribution in [3.8, 4) is 11.8 Å². The Morgan fingerprint density at radius 2 is 2.24 bits per heavy atom. The number of nitrogens with zero attached hydrogens (tertiary/aromatic N) is 1. The molecule has 0 aliphatic carbocycles. The number of hydrogen-bond donors (Lipinski definition) is 1. The van der Waals surface area contributed by atoms with E-state index in [9.17, 15) is 0 Å². The molecule has 0 amide bonds. The van der Waals surface area contributed by atoms with Gasteiger partial charge in [-0.15, -0.1) is 0 Å². The van der Waals surface area contributed by atoms with Gasteiger partial charge in [0.1, 0.15) is 5.75 Å². The molecule has 0 saturated carbocycles. The largest absolute Gasteiger partial charge is 0.492 e. The number of nitrogens with one attached hydrogen (secondary N) is 1. The van der Waals surface area contributed by atoms with Crippen LogP contribution in [0, 0.1) is 11.3 Å². The summed E-state index contributed by atoms with van der Waals surface area (Å²) >= 11 is 5.98. The van der Waals surface area contributed by atoms with Crippen molar-refractivity contribution in [2.75, 3.05) is 13.2 Å². The number of benzene rings is 1. The van der Waals surface area contributed by atoms with Gasteiger partial charge in [-0.2, -0.15) is 5.26 Å². The lowest BCUT2D eigenvalue weighted by atomic mass is 10.2. The molecule has 17 heavy (non-hydrogen) atoms. The fraction of sp³-hybridized carbons (Fsp3) is 0.462. The summed E-state index contributed by atoms with van der Waals surface area (Å²) in [5.41, 5.74) is 0.545. The van der Waals surface area contributed by atoms with E-state index >= 15 is 0 Å². The van der Waals surface area contributed by atoms with Gasteiger partial charge in [0.05, 0.1) is 23.3 Å². The summed E-state index contributed by atoms with van der Waals surface area (Å²) in [6, 6.07) is 7.58. The minimum absolute atomic E-state index is 0.487. The van der Waals surface area contributed by atoms with Crippen LogP contribution in [-0.2, 0) is 0 Å². The molecular weight excluding hydrogens is 236 g/mol. The standard InChI is InChI=1S/C13H17ClN2O/c1-10(2)16-6-3-7-17-13-5-4-11(9-15)8-12(13)14/h4-5,8,10,16H,3,6-7H2,1-2H3. The fourth-order valence-electron chi connectivity index (χ4n) is 1.33. The Morgan fingerprint density at radius 3 is 2.82 bits per heavy atom. The quantitative estimate of drug-likeness (QED) is 0.792. The van der Waals surface area contributed by atoms with Gasteiger partial charge in [0, 0.05) is 6.04 Å². The maximum absolute atomic E-state index is 8.69. The average molecular weight is 253 g/mol. The van der Waals surface area contributed by atoms with Gasteiger partial charge in [-0.05, 0) is 31.2 Å². The highest BCUT2D eigenvalue weighted by Gasteiger charge is 2.02. The van der Waals surface area contributed by atoms with Gasteiger partial charge in [0.25, 0.3) is 0 Å². The minimum atomic E-state index is 0.487. The van der Waals surface area contributed by atoms with Crippen molar-refractivity contribution < 1.29 is 4.74 Å². The molecule has 0 aliphatic heterocycles. The van der Waals surface area contributed by atoms with Crippen LogP contribution < -0.4 is 10.1 Å². The molecular formula is C13H17ClN2O. The van der Waals surface area contributed by atoms with Gasteiger partial charge in [-0.3, -0.25) is 0 Å². The van der Waals surface area contributed by atoms with Crippen molar-refractivity contribution in [2.24, 2.45) is 0 Å². The normalized spacial score (nSPS) is 10.3. The third-order valence-electron chi connectivity index (χ3n) is 2.19. The van der Waals surface area contributed by atoms with E-state index in [-0.39, 0.29) is 0 Å². The first kappa shape index (κ1) is 13.8. The summed E-state index contributed by atoms with van der Waals surface area (Å²) in [6.45, 7) is 5.76. The van der Waals surface area contributed by atoms with E-state index in [2.05, 4.69) is 19.2 Å². The Balaban J connectivity index is 2.35. The zero-order valence-electron chi connectivity index (χ0n) is 10.2. The molecule has 0 fully saturated rings. The van der Waals surface area contributed by atoms with Crippen molar-refractivity contribution in [2.45, 2.75) is 26.3 Å². The number of hydrogen-bond acceptors (Lipinski definition) is 3. The Hall–Kier alpha value is -1.24. The van der Waals surface area contributed by atoms with Crippen LogP contribution in [0.4, 0.5) is 0 Å². The minimum Gasteiger partial charge on any atom is -0.492 e. The van der Waals surface area contributed by atoms with Crippen LogP contribution in [-0.4, -0.2) is 19.2 Å². The van der Waals surface area contributed by atoms with Crippen LogP contribution in [0.3, 0.4) is 0 Å². The van der Waals surface area contributed by atoms with Crippen LogP contribution in [0.1, 0.15) is 25.8 Å². The smallest absolute Gasteiger partial charge is 0.137 e. The molecule has 0 aromatic heterocycles. The Morgan fingerprint density at radius 1 is 1.47 bits per heavy atom. The molecule has 0 atom stereocenters. The van der Waals surface area contributed by atoms with Crippen LogP contribution in [0.2, 0.25) is 5.02 Å². The van der Waals surface area contributed by atoms with E-state index in [1.165, 1.54) is 0 Å². The van der Waals surface area contributed by atoms with E-state index < -0.39 is 0 Å². The molecule has 1 rings (SSSR count). The van der Waals surface area contributed by atoms with Crippen LogP contribution in [0.15, 0.2) is 18.2 Å². The van der Waals surface area contributed by atoms with Crippen molar-refractivity contribution in [3.63, 3.8) is 0 Å². The SMILES string of the molecule is CC(C)NCCCOc1ccc(C#N)cc1Cl. The maximum Gasteiger partial charge on any atom is 0.137 e. The highest BCUT2D eigenvalue weighted by molar-refractivity contribution is 6.32. The van der Waals surface area contributed by atoms with Crippen LogP contribution >= 0.6 is 11.6 Å². The van der Waals surface area contributed by atoms with E-state index in [1.807, 2.05) is 6.07 Å². The summed E-state index contributed by atoms with van der Waals surface area (Å²) in [5.74, 6) is 0.634. The van der Waals surface area contributed by atoms with Crippen LogP contribution in [0.5, 0.6) is 5.75 Å². The molecule has 1 aromatic carbocycles.